The van der Waals surface area contributed by atoms with Crippen molar-refractivity contribution in [2.24, 2.45) is 0 Å². The normalized spacial score (nSPS) is 12.5. The summed E-state index contributed by atoms with van der Waals surface area (Å²) < 4.78 is 5.29. The van der Waals surface area contributed by atoms with E-state index in [0.29, 0.717) is 0 Å². The van der Waals surface area contributed by atoms with Gasteiger partial charge in [0, 0.05) is 5.56 Å². The lowest BCUT2D eigenvalue weighted by molar-refractivity contribution is 0.159. The minimum Gasteiger partial charge on any atom is -0.496 e. The monoisotopic (exact) mass is 222 g/mol. The maximum atomic E-state index is 10.1. The van der Waals surface area contributed by atoms with Crippen LogP contribution < -0.4 is 4.74 Å². The Balaban J connectivity index is 2.70. The third-order valence-electron chi connectivity index (χ3n) is 2.83. The van der Waals surface area contributed by atoms with E-state index < -0.39 is 6.10 Å². The van der Waals surface area contributed by atoms with Gasteiger partial charge in [-0.05, 0) is 25.0 Å². The molecule has 0 bridgehead atoms. The fourth-order valence-corrected chi connectivity index (χ4v) is 1.84. The van der Waals surface area contributed by atoms with E-state index >= 15 is 0 Å². The van der Waals surface area contributed by atoms with Crippen molar-refractivity contribution in [3.8, 4) is 5.75 Å². The van der Waals surface area contributed by atoms with Gasteiger partial charge in [-0.1, -0.05) is 38.3 Å². The molecule has 1 atom stereocenters. The van der Waals surface area contributed by atoms with Gasteiger partial charge in [0.15, 0.2) is 0 Å². The van der Waals surface area contributed by atoms with Crippen LogP contribution in [-0.4, -0.2) is 12.2 Å². The van der Waals surface area contributed by atoms with Gasteiger partial charge in [0.25, 0.3) is 0 Å². The van der Waals surface area contributed by atoms with Gasteiger partial charge in [-0.25, -0.2) is 0 Å². The molecule has 0 fully saturated rings. The minimum absolute atomic E-state index is 0.401. The summed E-state index contributed by atoms with van der Waals surface area (Å²) in [5, 5.41) is 10.1. The van der Waals surface area contributed by atoms with Gasteiger partial charge in [0.1, 0.15) is 5.75 Å². The van der Waals surface area contributed by atoms with Crippen LogP contribution >= 0.6 is 0 Å². The SMILES string of the molecule is CCCCCC(O)c1ccc(C)cc1OC. The van der Waals surface area contributed by atoms with Crippen molar-refractivity contribution in [1.29, 1.82) is 0 Å². The highest BCUT2D eigenvalue weighted by Gasteiger charge is 2.12. The largest absolute Gasteiger partial charge is 0.496 e. The van der Waals surface area contributed by atoms with Crippen molar-refractivity contribution >= 4 is 0 Å². The maximum Gasteiger partial charge on any atom is 0.124 e. The molecular weight excluding hydrogens is 200 g/mol. The molecule has 1 aromatic carbocycles. The third kappa shape index (κ3) is 3.53. The molecule has 1 rings (SSSR count). The summed E-state index contributed by atoms with van der Waals surface area (Å²) in [4.78, 5) is 0. The molecule has 0 aliphatic heterocycles. The van der Waals surface area contributed by atoms with E-state index in [4.69, 9.17) is 4.74 Å². The standard InChI is InChI=1S/C14H22O2/c1-4-5-6-7-13(15)12-9-8-11(2)10-14(12)16-3/h8-10,13,15H,4-7H2,1-3H3. The molecule has 1 unspecified atom stereocenters. The van der Waals surface area contributed by atoms with E-state index in [9.17, 15) is 5.11 Å². The number of aliphatic hydroxyl groups is 1. The van der Waals surface area contributed by atoms with Crippen LogP contribution in [0.2, 0.25) is 0 Å². The summed E-state index contributed by atoms with van der Waals surface area (Å²) in [7, 11) is 1.65. The van der Waals surface area contributed by atoms with Gasteiger partial charge in [0.2, 0.25) is 0 Å². The topological polar surface area (TPSA) is 29.5 Å². The van der Waals surface area contributed by atoms with Crippen LogP contribution in [0, 0.1) is 6.92 Å². The highest BCUT2D eigenvalue weighted by atomic mass is 16.5. The third-order valence-corrected chi connectivity index (χ3v) is 2.83. The molecular formula is C14H22O2. The van der Waals surface area contributed by atoms with Crippen molar-refractivity contribution < 1.29 is 9.84 Å². The van der Waals surface area contributed by atoms with E-state index in [1.165, 1.54) is 12.8 Å². The zero-order valence-corrected chi connectivity index (χ0v) is 10.5. The summed E-state index contributed by atoms with van der Waals surface area (Å²) in [5.74, 6) is 0.795. The molecule has 16 heavy (non-hydrogen) atoms. The number of hydrogen-bond acceptors (Lipinski definition) is 2. The molecule has 0 aromatic heterocycles. The number of methoxy groups -OCH3 is 1. The lowest BCUT2D eigenvalue weighted by atomic mass is 10.0. The Labute approximate surface area is 98.3 Å². The van der Waals surface area contributed by atoms with Gasteiger partial charge in [0.05, 0.1) is 13.2 Å². The average molecular weight is 222 g/mol. The second kappa shape index (κ2) is 6.54. The number of ether oxygens (including phenoxy) is 1. The van der Waals surface area contributed by atoms with E-state index in [-0.39, 0.29) is 0 Å². The molecule has 0 saturated heterocycles. The lowest BCUT2D eigenvalue weighted by Gasteiger charge is -2.15. The Kier molecular flexibility index (Phi) is 5.33. The fraction of sp³-hybridized carbons (Fsp3) is 0.571. The molecule has 0 spiro atoms. The van der Waals surface area contributed by atoms with Crippen LogP contribution in [0.4, 0.5) is 0 Å². The van der Waals surface area contributed by atoms with Gasteiger partial charge < -0.3 is 9.84 Å². The van der Waals surface area contributed by atoms with Gasteiger partial charge >= 0.3 is 0 Å². The van der Waals surface area contributed by atoms with Crippen LogP contribution in [0.1, 0.15) is 49.8 Å². The molecule has 0 heterocycles. The summed E-state index contributed by atoms with van der Waals surface area (Å²) in [5.41, 5.74) is 2.06. The highest BCUT2D eigenvalue weighted by Crippen LogP contribution is 2.29. The van der Waals surface area contributed by atoms with Crippen LogP contribution in [0.15, 0.2) is 18.2 Å². The molecule has 0 aliphatic rings. The molecule has 0 aliphatic carbocycles. The van der Waals surface area contributed by atoms with E-state index in [1.54, 1.807) is 7.11 Å². The zero-order valence-electron chi connectivity index (χ0n) is 10.5. The van der Waals surface area contributed by atoms with Crippen LogP contribution in [-0.2, 0) is 0 Å². The van der Waals surface area contributed by atoms with Gasteiger partial charge in [-0.3, -0.25) is 0 Å². The Morgan fingerprint density at radius 2 is 2.06 bits per heavy atom. The van der Waals surface area contributed by atoms with E-state index in [0.717, 1.165) is 29.7 Å². The maximum absolute atomic E-state index is 10.1. The average Bonchev–Trinajstić information content (AvgIpc) is 2.29. The Morgan fingerprint density at radius 1 is 1.31 bits per heavy atom. The molecule has 0 amide bonds. The predicted molar refractivity (Wildman–Crippen MR) is 66.8 cm³/mol. The first-order valence-corrected chi connectivity index (χ1v) is 6.01. The number of hydrogen-bond donors (Lipinski definition) is 1. The summed E-state index contributed by atoms with van der Waals surface area (Å²) >= 11 is 0. The first-order chi connectivity index (χ1) is 7.69. The molecule has 2 nitrogen and oxygen atoms in total. The number of unbranched alkanes of at least 4 members (excludes halogenated alkanes) is 2. The Bertz CT molecular complexity index is 321. The van der Waals surface area contributed by atoms with Crippen LogP contribution in [0.5, 0.6) is 5.75 Å². The smallest absolute Gasteiger partial charge is 0.124 e. The number of aryl methyl sites for hydroxylation is 1. The van der Waals surface area contributed by atoms with Crippen molar-refractivity contribution in [3.05, 3.63) is 29.3 Å². The van der Waals surface area contributed by atoms with Gasteiger partial charge in [-0.15, -0.1) is 0 Å². The Hall–Kier alpha value is -1.02. The quantitative estimate of drug-likeness (QED) is 0.745. The minimum atomic E-state index is -0.401. The molecule has 0 radical (unpaired) electrons. The molecule has 1 aromatic rings. The van der Waals surface area contributed by atoms with Crippen molar-refractivity contribution in [1.82, 2.24) is 0 Å². The molecule has 2 heteroatoms. The zero-order chi connectivity index (χ0) is 12.0. The fourth-order valence-electron chi connectivity index (χ4n) is 1.84. The van der Waals surface area contributed by atoms with Crippen molar-refractivity contribution in [2.45, 2.75) is 45.6 Å². The van der Waals surface area contributed by atoms with Gasteiger partial charge in [-0.2, -0.15) is 0 Å². The Morgan fingerprint density at radius 3 is 2.69 bits per heavy atom. The van der Waals surface area contributed by atoms with Crippen LogP contribution in [0.3, 0.4) is 0 Å². The number of aliphatic hydroxyl groups excluding tert-OH is 1. The van der Waals surface area contributed by atoms with E-state index in [1.807, 2.05) is 25.1 Å². The lowest BCUT2D eigenvalue weighted by Crippen LogP contribution is -2.01. The predicted octanol–water partition coefficient (Wildman–Crippen LogP) is 3.62. The molecule has 90 valence electrons. The highest BCUT2D eigenvalue weighted by molar-refractivity contribution is 5.38. The summed E-state index contributed by atoms with van der Waals surface area (Å²) in [6.45, 7) is 4.19. The van der Waals surface area contributed by atoms with E-state index in [2.05, 4.69) is 6.92 Å². The molecule has 0 saturated carbocycles. The van der Waals surface area contributed by atoms with Crippen LogP contribution in [0.25, 0.3) is 0 Å². The summed E-state index contributed by atoms with van der Waals surface area (Å²) in [6, 6.07) is 5.95. The first-order valence-electron chi connectivity index (χ1n) is 6.01. The molecule has 1 N–H and O–H groups in total. The first kappa shape index (κ1) is 13.0. The van der Waals surface area contributed by atoms with Crippen molar-refractivity contribution in [3.63, 3.8) is 0 Å². The number of rotatable bonds is 6. The summed E-state index contributed by atoms with van der Waals surface area (Å²) in [6.07, 6.45) is 3.83. The second-order valence-electron chi connectivity index (χ2n) is 4.26. The second-order valence-corrected chi connectivity index (χ2v) is 4.26. The van der Waals surface area contributed by atoms with Crippen molar-refractivity contribution in [2.75, 3.05) is 7.11 Å². The number of benzene rings is 1.